The van der Waals surface area contributed by atoms with Crippen LogP contribution in [0.25, 0.3) is 0 Å². The second-order valence-electron chi connectivity index (χ2n) is 4.93. The van der Waals surface area contributed by atoms with Crippen LogP contribution >= 0.6 is 15.9 Å². The molecule has 0 bridgehead atoms. The van der Waals surface area contributed by atoms with Gasteiger partial charge in [-0.2, -0.15) is 0 Å². The summed E-state index contributed by atoms with van der Waals surface area (Å²) >= 11 is 3.31. The zero-order chi connectivity index (χ0) is 13.9. The van der Waals surface area contributed by atoms with Gasteiger partial charge in [-0.15, -0.1) is 0 Å². The van der Waals surface area contributed by atoms with Gasteiger partial charge in [0.15, 0.2) is 0 Å². The molecule has 0 fully saturated rings. The van der Waals surface area contributed by atoms with E-state index in [2.05, 4.69) is 32.3 Å². The van der Waals surface area contributed by atoms with Crippen molar-refractivity contribution in [1.29, 1.82) is 0 Å². The molecule has 2 heterocycles. The highest BCUT2D eigenvalue weighted by Crippen LogP contribution is 2.26. The molecule has 1 unspecified atom stereocenters. The van der Waals surface area contributed by atoms with Gasteiger partial charge in [0.1, 0.15) is 11.4 Å². The normalized spacial score (nSPS) is 17.1. The first-order valence-electron chi connectivity index (χ1n) is 6.55. The fourth-order valence-corrected chi connectivity index (χ4v) is 2.70. The second kappa shape index (κ2) is 5.71. The molecule has 3 rings (SSSR count). The number of aromatic nitrogens is 1. The van der Waals surface area contributed by atoms with Crippen LogP contribution in [0.2, 0.25) is 0 Å². The summed E-state index contributed by atoms with van der Waals surface area (Å²) in [6.45, 7) is 1.26. The molecule has 0 aliphatic carbocycles. The monoisotopic (exact) mass is 334 g/mol. The molecule has 20 heavy (non-hydrogen) atoms. The first-order valence-corrected chi connectivity index (χ1v) is 7.34. The molecule has 5 heteroatoms. The molecular formula is C15H15BrN2O2. The van der Waals surface area contributed by atoms with Crippen LogP contribution in [0, 0.1) is 5.92 Å². The van der Waals surface area contributed by atoms with Crippen molar-refractivity contribution in [2.45, 2.75) is 6.42 Å². The third kappa shape index (κ3) is 2.88. The number of aromatic amines is 1. The topological polar surface area (TPSA) is 54.1 Å². The SMILES string of the molecule is O=C(NCC1COc2ccccc2C1)c1cc(Br)c[nH]1. The predicted octanol–water partition coefficient (Wildman–Crippen LogP) is 2.76. The Morgan fingerprint density at radius 3 is 3.10 bits per heavy atom. The average molecular weight is 335 g/mol. The summed E-state index contributed by atoms with van der Waals surface area (Å²) in [4.78, 5) is 14.9. The van der Waals surface area contributed by atoms with Crippen LogP contribution in [-0.4, -0.2) is 24.0 Å². The fourth-order valence-electron chi connectivity index (χ4n) is 2.35. The molecule has 1 aliphatic rings. The van der Waals surface area contributed by atoms with E-state index >= 15 is 0 Å². The van der Waals surface area contributed by atoms with E-state index in [9.17, 15) is 4.79 Å². The minimum atomic E-state index is -0.0884. The molecule has 0 spiro atoms. The van der Waals surface area contributed by atoms with Gasteiger partial charge in [0.2, 0.25) is 0 Å². The number of fused-ring (bicyclic) bond motifs is 1. The highest BCUT2D eigenvalue weighted by atomic mass is 79.9. The van der Waals surface area contributed by atoms with Crippen LogP contribution in [0.4, 0.5) is 0 Å². The molecule has 1 aromatic carbocycles. The number of hydrogen-bond acceptors (Lipinski definition) is 2. The number of nitrogens with one attached hydrogen (secondary N) is 2. The smallest absolute Gasteiger partial charge is 0.267 e. The molecule has 1 amide bonds. The van der Waals surface area contributed by atoms with Gasteiger partial charge in [0, 0.05) is 23.1 Å². The largest absolute Gasteiger partial charge is 0.493 e. The number of carbonyl (C=O) groups excluding carboxylic acids is 1. The van der Waals surface area contributed by atoms with E-state index in [1.54, 1.807) is 12.3 Å². The number of para-hydroxylation sites is 1. The Kier molecular flexibility index (Phi) is 3.78. The molecule has 1 atom stereocenters. The van der Waals surface area contributed by atoms with Gasteiger partial charge in [0.25, 0.3) is 5.91 Å². The zero-order valence-electron chi connectivity index (χ0n) is 10.9. The Morgan fingerprint density at radius 1 is 1.45 bits per heavy atom. The first-order chi connectivity index (χ1) is 9.72. The summed E-state index contributed by atoms with van der Waals surface area (Å²) in [7, 11) is 0. The van der Waals surface area contributed by atoms with Crippen LogP contribution in [0.1, 0.15) is 16.1 Å². The van der Waals surface area contributed by atoms with Crippen molar-refractivity contribution in [2.75, 3.05) is 13.2 Å². The van der Waals surface area contributed by atoms with E-state index in [4.69, 9.17) is 4.74 Å². The van der Waals surface area contributed by atoms with Gasteiger partial charge in [-0.25, -0.2) is 0 Å². The standard InChI is InChI=1S/C15H15BrN2O2/c16-12-6-13(17-8-12)15(19)18-7-10-5-11-3-1-2-4-14(11)20-9-10/h1-4,6,8,10,17H,5,7,9H2,(H,18,19). The number of benzene rings is 1. The number of carbonyl (C=O) groups is 1. The maximum atomic E-state index is 11.9. The van der Waals surface area contributed by atoms with Crippen LogP contribution in [0.5, 0.6) is 5.75 Å². The van der Waals surface area contributed by atoms with Crippen LogP contribution < -0.4 is 10.1 Å². The first kappa shape index (κ1) is 13.2. The fraction of sp³-hybridized carbons (Fsp3) is 0.267. The number of ether oxygens (including phenoxy) is 1. The van der Waals surface area contributed by atoms with E-state index in [1.807, 2.05) is 18.2 Å². The highest BCUT2D eigenvalue weighted by molar-refractivity contribution is 9.10. The number of rotatable bonds is 3. The second-order valence-corrected chi connectivity index (χ2v) is 5.85. The van der Waals surface area contributed by atoms with E-state index < -0.39 is 0 Å². The van der Waals surface area contributed by atoms with E-state index in [1.165, 1.54) is 5.56 Å². The number of H-pyrrole nitrogens is 1. The van der Waals surface area contributed by atoms with Gasteiger partial charge >= 0.3 is 0 Å². The quantitative estimate of drug-likeness (QED) is 0.906. The maximum Gasteiger partial charge on any atom is 0.267 e. The summed E-state index contributed by atoms with van der Waals surface area (Å²) in [5, 5.41) is 2.94. The van der Waals surface area contributed by atoms with E-state index in [0.717, 1.165) is 16.6 Å². The Bertz CT molecular complexity index is 624. The number of amides is 1. The molecule has 0 saturated carbocycles. The predicted molar refractivity (Wildman–Crippen MR) is 80.0 cm³/mol. The average Bonchev–Trinajstić information content (AvgIpc) is 2.91. The maximum absolute atomic E-state index is 11.9. The lowest BCUT2D eigenvalue weighted by Gasteiger charge is -2.25. The molecule has 2 N–H and O–H groups in total. The Morgan fingerprint density at radius 2 is 2.30 bits per heavy atom. The zero-order valence-corrected chi connectivity index (χ0v) is 12.4. The van der Waals surface area contributed by atoms with Crippen molar-refractivity contribution in [3.8, 4) is 5.75 Å². The summed E-state index contributed by atoms with van der Waals surface area (Å²) in [5.41, 5.74) is 1.77. The summed E-state index contributed by atoms with van der Waals surface area (Å²) in [5.74, 6) is 1.19. The van der Waals surface area contributed by atoms with Crippen molar-refractivity contribution in [1.82, 2.24) is 10.3 Å². The molecule has 104 valence electrons. The lowest BCUT2D eigenvalue weighted by Crippen LogP contribution is -2.34. The van der Waals surface area contributed by atoms with Crippen molar-refractivity contribution in [3.63, 3.8) is 0 Å². The van der Waals surface area contributed by atoms with Gasteiger partial charge < -0.3 is 15.0 Å². The molecule has 1 aliphatic heterocycles. The Labute approximate surface area is 125 Å². The molecular weight excluding hydrogens is 320 g/mol. The Balaban J connectivity index is 1.56. The number of hydrogen-bond donors (Lipinski definition) is 2. The summed E-state index contributed by atoms with van der Waals surface area (Å²) in [6, 6.07) is 9.82. The lowest BCUT2D eigenvalue weighted by atomic mass is 9.97. The summed E-state index contributed by atoms with van der Waals surface area (Å²) in [6.07, 6.45) is 2.68. The van der Waals surface area contributed by atoms with Gasteiger partial charge in [0.05, 0.1) is 6.61 Å². The molecule has 2 aromatic rings. The van der Waals surface area contributed by atoms with Crippen molar-refractivity contribution >= 4 is 21.8 Å². The van der Waals surface area contributed by atoms with Crippen molar-refractivity contribution < 1.29 is 9.53 Å². The molecule has 1 aromatic heterocycles. The Hall–Kier alpha value is -1.75. The van der Waals surface area contributed by atoms with Gasteiger partial charge in [-0.3, -0.25) is 4.79 Å². The molecule has 4 nitrogen and oxygen atoms in total. The van der Waals surface area contributed by atoms with Crippen molar-refractivity contribution in [2.24, 2.45) is 5.92 Å². The molecule has 0 radical (unpaired) electrons. The van der Waals surface area contributed by atoms with Crippen LogP contribution in [0.3, 0.4) is 0 Å². The third-order valence-electron chi connectivity index (χ3n) is 3.40. The summed E-state index contributed by atoms with van der Waals surface area (Å²) < 4.78 is 6.58. The lowest BCUT2D eigenvalue weighted by molar-refractivity contribution is 0.0934. The highest BCUT2D eigenvalue weighted by Gasteiger charge is 2.20. The van der Waals surface area contributed by atoms with Crippen molar-refractivity contribution in [3.05, 3.63) is 52.3 Å². The minimum absolute atomic E-state index is 0.0884. The van der Waals surface area contributed by atoms with Gasteiger partial charge in [-0.1, -0.05) is 18.2 Å². The third-order valence-corrected chi connectivity index (χ3v) is 3.86. The minimum Gasteiger partial charge on any atom is -0.493 e. The van der Waals surface area contributed by atoms with E-state index in [0.29, 0.717) is 24.8 Å². The number of halogens is 1. The van der Waals surface area contributed by atoms with Crippen LogP contribution in [-0.2, 0) is 6.42 Å². The van der Waals surface area contributed by atoms with Gasteiger partial charge in [-0.05, 0) is 40.0 Å². The van der Waals surface area contributed by atoms with E-state index in [-0.39, 0.29) is 5.91 Å². The van der Waals surface area contributed by atoms with Crippen LogP contribution in [0.15, 0.2) is 41.0 Å². The molecule has 0 saturated heterocycles.